The number of fused-ring (bicyclic) bond motifs is 1. The standard InChI is InChI=1S/C23H32N7O7P/c1-12(2)35-22(32)14(4)29-38(33,37-15-8-6-5-7-9-15)34-10-16-18(31)13(3)21(36-16)30-11-26-17-19(24)27-23(25)28-20(17)30/h5-9,11-14,16,18,21,31H,10H2,1-4H3,(H,29,33)(H4,24,25,27,28)/t13-,14-,16+,18-,21+,38?/m0/s1. The summed E-state index contributed by atoms with van der Waals surface area (Å²) in [4.78, 5) is 24.7. The Morgan fingerprint density at radius 1 is 1.24 bits per heavy atom. The van der Waals surface area contributed by atoms with Gasteiger partial charge in [0, 0.05) is 5.92 Å². The molecular formula is C23H32N7O7P. The summed E-state index contributed by atoms with van der Waals surface area (Å²) in [7, 11) is -4.14. The molecule has 6 atom stereocenters. The highest BCUT2D eigenvalue weighted by molar-refractivity contribution is 7.52. The van der Waals surface area contributed by atoms with Crippen molar-refractivity contribution < 1.29 is 33.0 Å². The molecule has 0 bridgehead atoms. The van der Waals surface area contributed by atoms with E-state index in [-0.39, 0.29) is 30.2 Å². The maximum Gasteiger partial charge on any atom is 0.459 e. The summed E-state index contributed by atoms with van der Waals surface area (Å²) in [5, 5.41) is 13.5. The molecule has 38 heavy (non-hydrogen) atoms. The number of imidazole rings is 1. The summed E-state index contributed by atoms with van der Waals surface area (Å²) >= 11 is 0. The van der Waals surface area contributed by atoms with Gasteiger partial charge in [-0.25, -0.2) is 9.55 Å². The van der Waals surface area contributed by atoms with Crippen molar-refractivity contribution in [3.63, 3.8) is 0 Å². The van der Waals surface area contributed by atoms with Crippen LogP contribution in [0.2, 0.25) is 0 Å². The lowest BCUT2D eigenvalue weighted by Gasteiger charge is -2.25. The number of benzene rings is 1. The van der Waals surface area contributed by atoms with Crippen LogP contribution in [-0.4, -0.2) is 61.6 Å². The zero-order valence-corrected chi connectivity index (χ0v) is 22.3. The molecule has 0 spiro atoms. The van der Waals surface area contributed by atoms with Gasteiger partial charge >= 0.3 is 13.7 Å². The number of para-hydroxylation sites is 1. The van der Waals surface area contributed by atoms with Crippen molar-refractivity contribution in [3.05, 3.63) is 36.7 Å². The van der Waals surface area contributed by atoms with Gasteiger partial charge in [0.15, 0.2) is 11.5 Å². The van der Waals surface area contributed by atoms with Crippen molar-refractivity contribution in [2.75, 3.05) is 18.1 Å². The average Bonchev–Trinajstić information content (AvgIpc) is 3.39. The molecule has 1 aromatic carbocycles. The molecular weight excluding hydrogens is 517 g/mol. The summed E-state index contributed by atoms with van der Waals surface area (Å²) in [5.74, 6) is -0.725. The van der Waals surface area contributed by atoms with Crippen molar-refractivity contribution in [1.82, 2.24) is 24.6 Å². The molecule has 3 heterocycles. The number of aromatic nitrogens is 4. The van der Waals surface area contributed by atoms with E-state index >= 15 is 0 Å². The Bertz CT molecular complexity index is 1320. The van der Waals surface area contributed by atoms with Crippen molar-refractivity contribution in [2.45, 2.75) is 58.3 Å². The predicted octanol–water partition coefficient (Wildman–Crippen LogP) is 2.02. The van der Waals surface area contributed by atoms with E-state index in [0.29, 0.717) is 11.2 Å². The maximum atomic E-state index is 13.7. The van der Waals surface area contributed by atoms with Gasteiger partial charge in [0.25, 0.3) is 0 Å². The molecule has 1 aliphatic rings. The summed E-state index contributed by atoms with van der Waals surface area (Å²) in [6.07, 6.45) is -1.52. The molecule has 1 saturated heterocycles. The molecule has 0 aliphatic carbocycles. The van der Waals surface area contributed by atoms with Crippen LogP contribution in [0.15, 0.2) is 36.7 Å². The first-order valence-corrected chi connectivity index (χ1v) is 13.6. The first-order chi connectivity index (χ1) is 18.0. The number of nitrogens with one attached hydrogen (secondary N) is 1. The van der Waals surface area contributed by atoms with Gasteiger partial charge in [0.1, 0.15) is 29.6 Å². The fourth-order valence-corrected chi connectivity index (χ4v) is 5.50. The molecule has 15 heteroatoms. The van der Waals surface area contributed by atoms with Crippen molar-refractivity contribution in [2.24, 2.45) is 5.92 Å². The van der Waals surface area contributed by atoms with Crippen LogP contribution in [-0.2, 0) is 23.4 Å². The van der Waals surface area contributed by atoms with Gasteiger partial charge < -0.3 is 30.6 Å². The molecule has 1 unspecified atom stereocenters. The van der Waals surface area contributed by atoms with Crippen molar-refractivity contribution >= 4 is 36.6 Å². The first kappa shape index (κ1) is 27.7. The fourth-order valence-electron chi connectivity index (χ4n) is 4.00. The molecule has 0 amide bonds. The fraction of sp³-hybridized carbons (Fsp3) is 0.478. The van der Waals surface area contributed by atoms with Crippen LogP contribution in [0.3, 0.4) is 0 Å². The summed E-state index contributed by atoms with van der Waals surface area (Å²) < 4.78 is 37.9. The molecule has 0 saturated carbocycles. The number of carbonyl (C=O) groups is 1. The highest BCUT2D eigenvalue weighted by Crippen LogP contribution is 2.46. The van der Waals surface area contributed by atoms with Crippen molar-refractivity contribution in [1.29, 1.82) is 0 Å². The third-order valence-electron chi connectivity index (χ3n) is 5.86. The second kappa shape index (κ2) is 11.2. The number of ether oxygens (including phenoxy) is 2. The van der Waals surface area contributed by atoms with Gasteiger partial charge in [-0.3, -0.25) is 13.9 Å². The Labute approximate surface area is 219 Å². The Kier molecular flexibility index (Phi) is 8.19. The topological polar surface area (TPSA) is 199 Å². The second-order valence-electron chi connectivity index (χ2n) is 9.24. The van der Waals surface area contributed by atoms with Gasteiger partial charge in [0.05, 0.1) is 25.1 Å². The molecule has 6 N–H and O–H groups in total. The molecule has 1 fully saturated rings. The Balaban J connectivity index is 1.51. The quantitative estimate of drug-likeness (QED) is 0.212. The highest BCUT2D eigenvalue weighted by atomic mass is 31.2. The maximum absolute atomic E-state index is 13.7. The first-order valence-electron chi connectivity index (χ1n) is 12.0. The van der Waals surface area contributed by atoms with Gasteiger partial charge in [-0.1, -0.05) is 25.1 Å². The predicted molar refractivity (Wildman–Crippen MR) is 138 cm³/mol. The van der Waals surface area contributed by atoms with E-state index < -0.39 is 44.1 Å². The number of aliphatic hydroxyl groups excluding tert-OH is 1. The lowest BCUT2D eigenvalue weighted by molar-refractivity contribution is -0.149. The van der Waals surface area contributed by atoms with Gasteiger partial charge in [-0.15, -0.1) is 0 Å². The number of nitrogens with two attached hydrogens (primary N) is 2. The highest BCUT2D eigenvalue weighted by Gasteiger charge is 2.44. The Morgan fingerprint density at radius 3 is 2.63 bits per heavy atom. The van der Waals surface area contributed by atoms with Crippen LogP contribution in [0.5, 0.6) is 5.75 Å². The van der Waals surface area contributed by atoms with Gasteiger partial charge in [-0.05, 0) is 32.9 Å². The van der Waals surface area contributed by atoms with Crippen LogP contribution in [0.25, 0.3) is 11.2 Å². The van der Waals surface area contributed by atoms with E-state index in [4.69, 9.17) is 30.0 Å². The second-order valence-corrected chi connectivity index (χ2v) is 10.9. The summed E-state index contributed by atoms with van der Waals surface area (Å²) in [6, 6.07) is 7.34. The Hall–Kier alpha value is -3.29. The molecule has 206 valence electrons. The van der Waals surface area contributed by atoms with Crippen molar-refractivity contribution in [3.8, 4) is 5.75 Å². The van der Waals surface area contributed by atoms with E-state index in [1.807, 2.05) is 0 Å². The Morgan fingerprint density at radius 2 is 1.95 bits per heavy atom. The number of aliphatic hydroxyl groups is 1. The number of hydrogen-bond acceptors (Lipinski definition) is 12. The van der Waals surface area contributed by atoms with E-state index in [9.17, 15) is 14.5 Å². The lowest BCUT2D eigenvalue weighted by atomic mass is 10.0. The minimum absolute atomic E-state index is 0.0296. The molecule has 2 aromatic heterocycles. The molecule has 4 rings (SSSR count). The van der Waals surface area contributed by atoms with Crippen LogP contribution < -0.4 is 21.1 Å². The smallest absolute Gasteiger partial charge is 0.459 e. The summed E-state index contributed by atoms with van der Waals surface area (Å²) in [5.41, 5.74) is 12.3. The van der Waals surface area contributed by atoms with Gasteiger partial charge in [-0.2, -0.15) is 15.1 Å². The number of nitrogen functional groups attached to an aromatic ring is 2. The normalized spacial score (nSPS) is 23.8. The number of carbonyl (C=O) groups excluding carboxylic acids is 1. The summed E-state index contributed by atoms with van der Waals surface area (Å²) in [6.45, 7) is 6.34. The molecule has 0 radical (unpaired) electrons. The molecule has 14 nitrogen and oxygen atoms in total. The third kappa shape index (κ3) is 6.05. The van der Waals surface area contributed by atoms with Crippen LogP contribution >= 0.6 is 7.75 Å². The zero-order valence-electron chi connectivity index (χ0n) is 21.4. The van der Waals surface area contributed by atoms with Crippen LogP contribution in [0.1, 0.15) is 33.9 Å². The van der Waals surface area contributed by atoms with Crippen LogP contribution in [0, 0.1) is 5.92 Å². The largest absolute Gasteiger partial charge is 0.462 e. The number of anilines is 2. The van der Waals surface area contributed by atoms with E-state index in [2.05, 4.69) is 20.0 Å². The van der Waals surface area contributed by atoms with E-state index in [1.54, 1.807) is 55.7 Å². The molecule has 3 aromatic rings. The van der Waals surface area contributed by atoms with Gasteiger partial charge in [0.2, 0.25) is 5.95 Å². The third-order valence-corrected chi connectivity index (χ3v) is 7.50. The molecule has 1 aliphatic heterocycles. The SMILES string of the molecule is CC(C)OC(=O)[C@H](C)NP(=O)(OC[C@H]1O[C@@H](n2cnc3c(N)nc(N)nc32)[C@@H](C)[C@@H]1O)Oc1ccccc1. The van der Waals surface area contributed by atoms with E-state index in [1.165, 1.54) is 13.3 Å². The average molecular weight is 550 g/mol. The number of esters is 1. The van der Waals surface area contributed by atoms with Crippen LogP contribution in [0.4, 0.5) is 11.8 Å². The lowest BCUT2D eigenvalue weighted by Crippen LogP contribution is -2.37. The zero-order chi connectivity index (χ0) is 27.6. The number of rotatable bonds is 10. The monoisotopic (exact) mass is 549 g/mol. The minimum Gasteiger partial charge on any atom is -0.462 e. The number of nitrogens with zero attached hydrogens (tertiary/aromatic N) is 4. The van der Waals surface area contributed by atoms with E-state index in [0.717, 1.165) is 0 Å². The minimum atomic E-state index is -4.14. The number of hydrogen-bond donors (Lipinski definition) is 4.